The summed E-state index contributed by atoms with van der Waals surface area (Å²) in [5, 5.41) is 10.3. The van der Waals surface area contributed by atoms with Gasteiger partial charge in [-0.2, -0.15) is 0 Å². The van der Waals surface area contributed by atoms with Crippen molar-refractivity contribution in [1.82, 2.24) is 4.98 Å². The lowest BCUT2D eigenvalue weighted by Gasteiger charge is -2.09. The van der Waals surface area contributed by atoms with E-state index in [-0.39, 0.29) is 6.42 Å². The zero-order valence-electron chi connectivity index (χ0n) is 9.41. The van der Waals surface area contributed by atoms with Gasteiger partial charge in [-0.25, -0.2) is 0 Å². The van der Waals surface area contributed by atoms with Crippen LogP contribution in [0.1, 0.15) is 5.69 Å². The molecule has 1 N–H and O–H groups in total. The van der Waals surface area contributed by atoms with Crippen LogP contribution in [-0.2, 0) is 11.2 Å². The molecule has 0 aliphatic carbocycles. The number of aliphatic carboxylic acids is 1. The number of carboxylic acid groups (broad SMARTS) is 1. The number of halogens is 2. The molecule has 1 aromatic heterocycles. The Bertz CT molecular complexity index is 628. The Morgan fingerprint density at radius 2 is 2.11 bits per heavy atom. The average Bonchev–Trinajstić information content (AvgIpc) is 2.25. The molecule has 94 valence electrons. The maximum absolute atomic E-state index is 10.7. The largest absolute Gasteiger partial charge is 0.496 e. The fraction of sp³-hybridized carbons (Fsp3) is 0.167. The number of benzene rings is 1. The number of nitrogens with zero attached hydrogens (tertiary/aromatic N) is 1. The van der Waals surface area contributed by atoms with E-state index in [0.717, 1.165) is 0 Å². The minimum absolute atomic E-state index is 0.184. The number of rotatable bonds is 3. The summed E-state index contributed by atoms with van der Waals surface area (Å²) in [6.07, 6.45) is -0.184. The molecule has 0 unspecified atom stereocenters. The van der Waals surface area contributed by atoms with Gasteiger partial charge in [0.25, 0.3) is 0 Å². The van der Waals surface area contributed by atoms with E-state index in [0.29, 0.717) is 32.4 Å². The van der Waals surface area contributed by atoms with Gasteiger partial charge in [0.1, 0.15) is 5.75 Å². The zero-order valence-corrected chi connectivity index (χ0v) is 10.9. The fourth-order valence-electron chi connectivity index (χ4n) is 1.71. The first-order chi connectivity index (χ1) is 8.51. The third kappa shape index (κ3) is 2.49. The first-order valence-corrected chi connectivity index (χ1v) is 5.81. The Hall–Kier alpha value is -1.52. The third-order valence-corrected chi connectivity index (χ3v) is 2.91. The number of hydrogen-bond donors (Lipinski definition) is 1. The second kappa shape index (κ2) is 5.00. The minimum Gasteiger partial charge on any atom is -0.496 e. The number of fused-ring (bicyclic) bond motifs is 1. The molecular weight excluding hydrogens is 277 g/mol. The summed E-state index contributed by atoms with van der Waals surface area (Å²) in [5.41, 5.74) is 0.910. The molecular formula is C12H9Cl2NO3. The van der Waals surface area contributed by atoms with E-state index in [2.05, 4.69) is 4.98 Å². The molecule has 0 atom stereocenters. The van der Waals surface area contributed by atoms with Crippen LogP contribution in [0.5, 0.6) is 5.75 Å². The van der Waals surface area contributed by atoms with Crippen molar-refractivity contribution in [2.45, 2.75) is 6.42 Å². The molecule has 4 nitrogen and oxygen atoms in total. The van der Waals surface area contributed by atoms with Crippen molar-refractivity contribution < 1.29 is 14.6 Å². The molecule has 0 amide bonds. The number of carboxylic acids is 1. The molecule has 0 aliphatic heterocycles. The molecule has 0 radical (unpaired) electrons. The summed E-state index contributed by atoms with van der Waals surface area (Å²) < 4.78 is 5.21. The van der Waals surface area contributed by atoms with E-state index < -0.39 is 5.97 Å². The number of aromatic nitrogens is 1. The van der Waals surface area contributed by atoms with Gasteiger partial charge in [0, 0.05) is 11.1 Å². The first kappa shape index (κ1) is 12.9. The Kier molecular flexibility index (Phi) is 3.59. The summed E-state index contributed by atoms with van der Waals surface area (Å²) in [4.78, 5) is 14.9. The number of carbonyl (C=O) groups is 1. The lowest BCUT2D eigenvalue weighted by atomic mass is 10.1. The van der Waals surface area contributed by atoms with E-state index in [1.165, 1.54) is 7.11 Å². The predicted octanol–water partition coefficient (Wildman–Crippen LogP) is 3.18. The lowest BCUT2D eigenvalue weighted by Crippen LogP contribution is -2.03. The second-order valence-electron chi connectivity index (χ2n) is 3.67. The van der Waals surface area contributed by atoms with Crippen molar-refractivity contribution in [2.24, 2.45) is 0 Å². The van der Waals surface area contributed by atoms with Gasteiger partial charge in [-0.3, -0.25) is 9.78 Å². The molecule has 0 saturated heterocycles. The van der Waals surface area contributed by atoms with Crippen molar-refractivity contribution >= 4 is 40.1 Å². The highest BCUT2D eigenvalue weighted by Crippen LogP contribution is 2.34. The van der Waals surface area contributed by atoms with E-state index in [9.17, 15) is 4.79 Å². The number of ether oxygens (including phenoxy) is 1. The highest BCUT2D eigenvalue weighted by molar-refractivity contribution is 6.39. The van der Waals surface area contributed by atoms with Crippen LogP contribution in [-0.4, -0.2) is 23.2 Å². The molecule has 0 bridgehead atoms. The van der Waals surface area contributed by atoms with Crippen molar-refractivity contribution in [3.05, 3.63) is 33.9 Å². The Balaban J connectivity index is 2.71. The first-order valence-electron chi connectivity index (χ1n) is 5.05. The summed E-state index contributed by atoms with van der Waals surface area (Å²) in [6, 6.07) is 4.78. The topological polar surface area (TPSA) is 59.4 Å². The molecule has 0 fully saturated rings. The molecule has 0 spiro atoms. The van der Waals surface area contributed by atoms with E-state index >= 15 is 0 Å². The third-order valence-electron chi connectivity index (χ3n) is 2.39. The molecule has 0 saturated carbocycles. The normalized spacial score (nSPS) is 10.6. The SMILES string of the molecule is COc1cc(CC(=O)O)nc2cc(Cl)cc(Cl)c12. The van der Waals surface area contributed by atoms with Crippen LogP contribution < -0.4 is 4.74 Å². The minimum atomic E-state index is -0.961. The van der Waals surface area contributed by atoms with Crippen LogP contribution in [0.25, 0.3) is 10.9 Å². The van der Waals surface area contributed by atoms with Crippen molar-refractivity contribution in [3.8, 4) is 5.75 Å². The Morgan fingerprint density at radius 3 is 2.72 bits per heavy atom. The van der Waals surface area contributed by atoms with Crippen LogP contribution in [0, 0.1) is 0 Å². The lowest BCUT2D eigenvalue weighted by molar-refractivity contribution is -0.136. The predicted molar refractivity (Wildman–Crippen MR) is 69.7 cm³/mol. The van der Waals surface area contributed by atoms with Crippen LogP contribution in [0.2, 0.25) is 10.0 Å². The zero-order chi connectivity index (χ0) is 13.3. The van der Waals surface area contributed by atoms with E-state index in [1.54, 1.807) is 18.2 Å². The molecule has 0 aliphatic rings. The summed E-state index contributed by atoms with van der Waals surface area (Å²) in [7, 11) is 1.49. The molecule has 2 rings (SSSR count). The molecule has 1 heterocycles. The van der Waals surface area contributed by atoms with Gasteiger partial charge >= 0.3 is 5.97 Å². The van der Waals surface area contributed by atoms with Gasteiger partial charge in [-0.15, -0.1) is 0 Å². The molecule has 18 heavy (non-hydrogen) atoms. The van der Waals surface area contributed by atoms with Gasteiger partial charge < -0.3 is 9.84 Å². The maximum atomic E-state index is 10.7. The van der Waals surface area contributed by atoms with Gasteiger partial charge in [0.05, 0.1) is 35.2 Å². The monoisotopic (exact) mass is 285 g/mol. The summed E-state index contributed by atoms with van der Waals surface area (Å²) >= 11 is 12.0. The molecule has 2 aromatic rings. The molecule has 6 heteroatoms. The van der Waals surface area contributed by atoms with Gasteiger partial charge in [-0.05, 0) is 12.1 Å². The van der Waals surface area contributed by atoms with Gasteiger partial charge in [0.2, 0.25) is 0 Å². The summed E-state index contributed by atoms with van der Waals surface area (Å²) in [5.74, 6) is -0.477. The molecule has 1 aromatic carbocycles. The Morgan fingerprint density at radius 1 is 1.39 bits per heavy atom. The van der Waals surface area contributed by atoms with Crippen LogP contribution in [0.4, 0.5) is 0 Å². The van der Waals surface area contributed by atoms with Crippen molar-refractivity contribution in [3.63, 3.8) is 0 Å². The highest BCUT2D eigenvalue weighted by atomic mass is 35.5. The summed E-state index contributed by atoms with van der Waals surface area (Å²) in [6.45, 7) is 0. The quantitative estimate of drug-likeness (QED) is 0.941. The Labute approximate surface area is 113 Å². The van der Waals surface area contributed by atoms with Crippen LogP contribution in [0.15, 0.2) is 18.2 Å². The van der Waals surface area contributed by atoms with Gasteiger partial charge in [-0.1, -0.05) is 23.2 Å². The van der Waals surface area contributed by atoms with Gasteiger partial charge in [0.15, 0.2) is 0 Å². The number of pyridine rings is 1. The maximum Gasteiger partial charge on any atom is 0.309 e. The van der Waals surface area contributed by atoms with Crippen molar-refractivity contribution in [1.29, 1.82) is 0 Å². The number of methoxy groups -OCH3 is 1. The second-order valence-corrected chi connectivity index (χ2v) is 4.51. The highest BCUT2D eigenvalue weighted by Gasteiger charge is 2.12. The van der Waals surface area contributed by atoms with Crippen LogP contribution >= 0.6 is 23.2 Å². The van der Waals surface area contributed by atoms with Crippen LogP contribution in [0.3, 0.4) is 0 Å². The van der Waals surface area contributed by atoms with E-state index in [4.69, 9.17) is 33.0 Å². The van der Waals surface area contributed by atoms with E-state index in [1.807, 2.05) is 0 Å². The standard InChI is InChI=1S/C12H9Cl2NO3/c1-18-10-4-7(5-11(16)17)15-9-3-6(13)2-8(14)12(9)10/h2-4H,5H2,1H3,(H,16,17). The van der Waals surface area contributed by atoms with Crippen molar-refractivity contribution in [2.75, 3.05) is 7.11 Å². The number of hydrogen-bond acceptors (Lipinski definition) is 3. The smallest absolute Gasteiger partial charge is 0.309 e. The average molecular weight is 286 g/mol. The fourth-order valence-corrected chi connectivity index (χ4v) is 2.28.